The molecule has 1 aliphatic heterocycles. The minimum Gasteiger partial charge on any atom is -0.356 e. The van der Waals surface area contributed by atoms with Crippen molar-refractivity contribution in [2.24, 2.45) is 5.92 Å². The maximum absolute atomic E-state index is 5.90. The third-order valence-electron chi connectivity index (χ3n) is 4.99. The summed E-state index contributed by atoms with van der Waals surface area (Å²) >= 11 is 3.84. The summed E-state index contributed by atoms with van der Waals surface area (Å²) in [5, 5.41) is 5.85. The van der Waals surface area contributed by atoms with Crippen LogP contribution < -0.4 is 0 Å². The Kier molecular flexibility index (Phi) is 3.34. The maximum Gasteiger partial charge on any atom is 0.150 e. The lowest BCUT2D eigenvalue weighted by Gasteiger charge is -2.23. The van der Waals surface area contributed by atoms with Crippen LogP contribution in [0.15, 0.2) is 16.7 Å². The van der Waals surface area contributed by atoms with Gasteiger partial charge in [-0.15, -0.1) is 0 Å². The van der Waals surface area contributed by atoms with Gasteiger partial charge in [0.1, 0.15) is 0 Å². The molecule has 3 nitrogen and oxygen atoms in total. The maximum atomic E-state index is 5.90. The van der Waals surface area contributed by atoms with Crippen LogP contribution in [-0.2, 0) is 4.74 Å². The highest BCUT2D eigenvalue weighted by atomic mass is 79.9. The summed E-state index contributed by atoms with van der Waals surface area (Å²) in [6, 6.07) is 2.30. The predicted octanol–water partition coefficient (Wildman–Crippen LogP) is 4.93. The van der Waals surface area contributed by atoms with Crippen LogP contribution >= 0.6 is 15.9 Å². The third-order valence-corrected chi connectivity index (χ3v) is 5.85. The van der Waals surface area contributed by atoms with E-state index >= 15 is 0 Å². The molecule has 2 heterocycles. The highest BCUT2D eigenvalue weighted by molar-refractivity contribution is 9.10. The zero-order chi connectivity index (χ0) is 14.6. The van der Waals surface area contributed by atoms with Gasteiger partial charge in [0.05, 0.1) is 11.7 Å². The topological polar surface area (TPSA) is 27.1 Å². The van der Waals surface area contributed by atoms with E-state index in [1.54, 1.807) is 0 Å². The summed E-state index contributed by atoms with van der Waals surface area (Å²) in [6.07, 6.45) is 6.87. The molecule has 0 bridgehead atoms. The van der Waals surface area contributed by atoms with Gasteiger partial charge in [0, 0.05) is 16.5 Å². The van der Waals surface area contributed by atoms with E-state index in [4.69, 9.17) is 4.74 Å². The normalized spacial score (nSPS) is 29.0. The molecule has 4 heteroatoms. The number of aromatic nitrogens is 2. The first-order valence-corrected chi connectivity index (χ1v) is 8.74. The molecule has 1 saturated carbocycles. The number of hydrogen-bond donors (Lipinski definition) is 0. The first-order chi connectivity index (χ1) is 10.2. The van der Waals surface area contributed by atoms with Crippen LogP contribution in [0.5, 0.6) is 0 Å². The number of ether oxygens (including phenoxy) is 1. The quantitative estimate of drug-likeness (QED) is 0.769. The molecule has 3 atom stereocenters. The summed E-state index contributed by atoms with van der Waals surface area (Å²) in [7, 11) is 0. The fourth-order valence-electron chi connectivity index (χ4n) is 3.61. The van der Waals surface area contributed by atoms with Crippen LogP contribution in [0.3, 0.4) is 0 Å². The van der Waals surface area contributed by atoms with Crippen molar-refractivity contribution in [3.05, 3.63) is 27.9 Å². The second-order valence-electron chi connectivity index (χ2n) is 6.58. The summed E-state index contributed by atoms with van der Waals surface area (Å²) in [5.41, 5.74) is 4.06. The van der Waals surface area contributed by atoms with Crippen LogP contribution in [0.25, 0.3) is 10.9 Å². The van der Waals surface area contributed by atoms with E-state index in [0.717, 1.165) is 24.9 Å². The SMILES string of the molecule is Cc1cc2c(cnn2[C@H]2CCCCO2)c(Br)c1[C@H]1C[C@H]1C. The van der Waals surface area contributed by atoms with Gasteiger partial charge in [-0.2, -0.15) is 5.10 Å². The smallest absolute Gasteiger partial charge is 0.150 e. The van der Waals surface area contributed by atoms with Crippen molar-refractivity contribution in [3.8, 4) is 0 Å². The molecule has 1 aromatic carbocycles. The van der Waals surface area contributed by atoms with Crippen LogP contribution in [-0.4, -0.2) is 16.4 Å². The van der Waals surface area contributed by atoms with Gasteiger partial charge in [0.15, 0.2) is 6.23 Å². The van der Waals surface area contributed by atoms with Crippen molar-refractivity contribution >= 4 is 26.8 Å². The van der Waals surface area contributed by atoms with Crippen molar-refractivity contribution in [1.82, 2.24) is 9.78 Å². The number of fused-ring (bicyclic) bond motifs is 1. The summed E-state index contributed by atoms with van der Waals surface area (Å²) in [6.45, 7) is 5.41. The number of halogens is 1. The lowest BCUT2D eigenvalue weighted by atomic mass is 10.0. The Morgan fingerprint density at radius 3 is 2.86 bits per heavy atom. The molecule has 2 aromatic rings. The number of rotatable bonds is 2. The van der Waals surface area contributed by atoms with Crippen LogP contribution in [0.4, 0.5) is 0 Å². The Morgan fingerprint density at radius 1 is 1.38 bits per heavy atom. The highest BCUT2D eigenvalue weighted by Gasteiger charge is 2.37. The van der Waals surface area contributed by atoms with Gasteiger partial charge >= 0.3 is 0 Å². The fourth-order valence-corrected chi connectivity index (χ4v) is 4.52. The van der Waals surface area contributed by atoms with Crippen molar-refractivity contribution in [2.75, 3.05) is 6.61 Å². The van der Waals surface area contributed by atoms with E-state index in [9.17, 15) is 0 Å². The molecule has 0 amide bonds. The van der Waals surface area contributed by atoms with E-state index in [1.165, 1.54) is 45.8 Å². The van der Waals surface area contributed by atoms with Gasteiger partial charge in [-0.1, -0.05) is 6.92 Å². The molecule has 1 saturated heterocycles. The van der Waals surface area contributed by atoms with E-state index in [0.29, 0.717) is 0 Å². The monoisotopic (exact) mass is 348 g/mol. The van der Waals surface area contributed by atoms with Gasteiger partial charge in [0.2, 0.25) is 0 Å². The Hall–Kier alpha value is -0.870. The van der Waals surface area contributed by atoms with E-state index < -0.39 is 0 Å². The number of nitrogens with zero attached hydrogens (tertiary/aromatic N) is 2. The average Bonchev–Trinajstić information content (AvgIpc) is 3.03. The summed E-state index contributed by atoms with van der Waals surface area (Å²) in [5.74, 6) is 1.53. The molecule has 2 aliphatic rings. The van der Waals surface area contributed by atoms with Gasteiger partial charge in [0.25, 0.3) is 0 Å². The van der Waals surface area contributed by atoms with Crippen molar-refractivity contribution < 1.29 is 4.74 Å². The second kappa shape index (κ2) is 5.10. The molecule has 0 N–H and O–H groups in total. The average molecular weight is 349 g/mol. The molecular weight excluding hydrogens is 328 g/mol. The molecule has 0 unspecified atom stereocenters. The van der Waals surface area contributed by atoms with Gasteiger partial charge in [-0.25, -0.2) is 4.68 Å². The van der Waals surface area contributed by atoms with Gasteiger partial charge in [-0.05, 0) is 77.6 Å². The lowest BCUT2D eigenvalue weighted by molar-refractivity contribution is -0.0366. The summed E-state index contributed by atoms with van der Waals surface area (Å²) < 4.78 is 9.22. The number of benzene rings is 1. The number of aryl methyl sites for hydroxylation is 1. The molecule has 0 spiro atoms. The fraction of sp³-hybridized carbons (Fsp3) is 0.588. The van der Waals surface area contributed by atoms with E-state index in [-0.39, 0.29) is 6.23 Å². The first-order valence-electron chi connectivity index (χ1n) is 7.94. The Morgan fingerprint density at radius 2 is 2.19 bits per heavy atom. The second-order valence-corrected chi connectivity index (χ2v) is 7.38. The standard InChI is InChI=1S/C17H21BrN2O/c1-10-7-12(10)16-11(2)8-14-13(17(16)18)9-19-20(14)15-5-3-4-6-21-15/h8-10,12,15H,3-7H2,1-2H3/t10-,12+,15-/m1/s1. The molecule has 0 radical (unpaired) electrons. The molecule has 4 rings (SSSR count). The molecule has 1 aromatic heterocycles. The molecule has 112 valence electrons. The Labute approximate surface area is 133 Å². The molecular formula is C17H21BrN2O. The molecule has 21 heavy (non-hydrogen) atoms. The molecule has 2 fully saturated rings. The predicted molar refractivity (Wildman–Crippen MR) is 87.5 cm³/mol. The van der Waals surface area contributed by atoms with Crippen molar-refractivity contribution in [1.29, 1.82) is 0 Å². The van der Waals surface area contributed by atoms with Crippen LogP contribution in [0, 0.1) is 12.8 Å². The van der Waals surface area contributed by atoms with E-state index in [1.807, 2.05) is 6.20 Å². The minimum atomic E-state index is 0.105. The zero-order valence-electron chi connectivity index (χ0n) is 12.6. The third kappa shape index (κ3) is 2.23. The highest BCUT2D eigenvalue weighted by Crippen LogP contribution is 2.51. The lowest BCUT2D eigenvalue weighted by Crippen LogP contribution is -2.19. The summed E-state index contributed by atoms with van der Waals surface area (Å²) in [4.78, 5) is 0. The van der Waals surface area contributed by atoms with Gasteiger partial charge < -0.3 is 4.74 Å². The minimum absolute atomic E-state index is 0.105. The molecule has 1 aliphatic carbocycles. The van der Waals surface area contributed by atoms with Crippen LogP contribution in [0.2, 0.25) is 0 Å². The van der Waals surface area contributed by atoms with Crippen molar-refractivity contribution in [2.45, 2.75) is 51.7 Å². The number of hydrogen-bond acceptors (Lipinski definition) is 2. The van der Waals surface area contributed by atoms with Crippen LogP contribution in [0.1, 0.15) is 55.9 Å². The zero-order valence-corrected chi connectivity index (χ0v) is 14.2. The van der Waals surface area contributed by atoms with Gasteiger partial charge in [-0.3, -0.25) is 0 Å². The first kappa shape index (κ1) is 13.8. The largest absolute Gasteiger partial charge is 0.356 e. The Bertz CT molecular complexity index is 688. The van der Waals surface area contributed by atoms with E-state index in [2.05, 4.69) is 45.6 Å². The van der Waals surface area contributed by atoms with Crippen molar-refractivity contribution in [3.63, 3.8) is 0 Å². The Balaban J connectivity index is 1.81.